The molecule has 1 N–H and O–H groups in total. The summed E-state index contributed by atoms with van der Waals surface area (Å²) in [6, 6.07) is 6.85. The summed E-state index contributed by atoms with van der Waals surface area (Å²) >= 11 is 12.5. The smallest absolute Gasteiger partial charge is 0.306 e. The Morgan fingerprint density at radius 2 is 1.88 bits per heavy atom. The highest BCUT2D eigenvalue weighted by molar-refractivity contribution is 7.18. The third-order valence-electron chi connectivity index (χ3n) is 2.97. The Kier molecular flexibility index (Phi) is 6.92. The number of halogens is 3. The second-order valence-electron chi connectivity index (χ2n) is 4.86. The van der Waals surface area contributed by atoms with E-state index >= 15 is 0 Å². The highest BCUT2D eigenvalue weighted by atomic mass is 35.5. The summed E-state index contributed by atoms with van der Waals surface area (Å²) < 4.78 is 18.3. The highest BCUT2D eigenvalue weighted by Gasteiger charge is 2.13. The molecule has 1 aromatic carbocycles. The van der Waals surface area contributed by atoms with Gasteiger partial charge in [0.15, 0.2) is 12.4 Å². The number of hydrogen-bond acceptors (Lipinski definition) is 5. The lowest BCUT2D eigenvalue weighted by Gasteiger charge is -2.07. The molecule has 1 heterocycles. The third kappa shape index (κ3) is 6.12. The summed E-state index contributed by atoms with van der Waals surface area (Å²) in [7, 11) is 0. The summed E-state index contributed by atoms with van der Waals surface area (Å²) in [5.41, 5.74) is 0.275. The summed E-state index contributed by atoms with van der Waals surface area (Å²) in [4.78, 5) is 35.5. The number of hydrogen-bond donors (Lipinski definition) is 1. The normalized spacial score (nSPS) is 10.4. The second kappa shape index (κ2) is 8.94. The average Bonchev–Trinajstić information content (AvgIpc) is 3.00. The molecule has 0 saturated heterocycles. The number of Topliss-reactive ketones (excluding diaryl/α,β-unsaturated/α-hetero) is 1. The van der Waals surface area contributed by atoms with E-state index in [-0.39, 0.29) is 29.3 Å². The van der Waals surface area contributed by atoms with Crippen LogP contribution in [0.25, 0.3) is 0 Å². The zero-order valence-corrected chi connectivity index (χ0v) is 15.0. The molecule has 0 atom stereocenters. The van der Waals surface area contributed by atoms with Gasteiger partial charge in [-0.15, -0.1) is 11.3 Å². The lowest BCUT2D eigenvalue weighted by atomic mass is 10.2. The maximum atomic E-state index is 13.0. The molecule has 0 aliphatic rings. The van der Waals surface area contributed by atoms with Crippen LogP contribution in [0.4, 0.5) is 10.1 Å². The van der Waals surface area contributed by atoms with E-state index in [2.05, 4.69) is 5.32 Å². The number of carbonyl (C=O) groups is 3. The van der Waals surface area contributed by atoms with E-state index in [0.29, 0.717) is 9.21 Å². The average molecular weight is 404 g/mol. The van der Waals surface area contributed by atoms with Crippen molar-refractivity contribution in [2.75, 3.05) is 11.9 Å². The highest BCUT2D eigenvalue weighted by Crippen LogP contribution is 2.23. The summed E-state index contributed by atoms with van der Waals surface area (Å²) in [5, 5.41) is 2.27. The van der Waals surface area contributed by atoms with Crippen molar-refractivity contribution in [3.8, 4) is 0 Å². The number of nitrogens with one attached hydrogen (secondary N) is 1. The predicted octanol–water partition coefficient (Wildman–Crippen LogP) is 4.34. The minimum atomic E-state index is -0.678. The van der Waals surface area contributed by atoms with Gasteiger partial charge in [-0.3, -0.25) is 14.4 Å². The maximum Gasteiger partial charge on any atom is 0.306 e. The first-order valence-electron chi connectivity index (χ1n) is 7.04. The first kappa shape index (κ1) is 19.4. The molecule has 0 aliphatic heterocycles. The van der Waals surface area contributed by atoms with Gasteiger partial charge in [0.1, 0.15) is 5.82 Å². The standard InChI is InChI=1S/C16H12Cl2FNO4S/c17-10-7-9(1-2-11(10)19)20-15(22)8-24-16(23)6-3-12(21)13-4-5-14(18)25-13/h1-2,4-5,7H,3,6,8H2,(H,20,22). The van der Waals surface area contributed by atoms with Crippen molar-refractivity contribution in [2.24, 2.45) is 0 Å². The van der Waals surface area contributed by atoms with Gasteiger partial charge in [0, 0.05) is 12.1 Å². The van der Waals surface area contributed by atoms with Crippen molar-refractivity contribution in [1.82, 2.24) is 0 Å². The van der Waals surface area contributed by atoms with Crippen LogP contribution in [0, 0.1) is 5.82 Å². The molecule has 25 heavy (non-hydrogen) atoms. The first-order chi connectivity index (χ1) is 11.8. The number of thiophene rings is 1. The topological polar surface area (TPSA) is 72.5 Å². The molecule has 132 valence electrons. The van der Waals surface area contributed by atoms with Crippen LogP contribution >= 0.6 is 34.5 Å². The van der Waals surface area contributed by atoms with Gasteiger partial charge >= 0.3 is 5.97 Å². The molecular weight excluding hydrogens is 392 g/mol. The van der Waals surface area contributed by atoms with Gasteiger partial charge in [0.25, 0.3) is 5.91 Å². The van der Waals surface area contributed by atoms with Crippen molar-refractivity contribution in [3.63, 3.8) is 0 Å². The molecule has 0 radical (unpaired) electrons. The van der Waals surface area contributed by atoms with Crippen LogP contribution in [0.3, 0.4) is 0 Å². The van der Waals surface area contributed by atoms with Crippen molar-refractivity contribution < 1.29 is 23.5 Å². The lowest BCUT2D eigenvalue weighted by molar-refractivity contribution is -0.147. The van der Waals surface area contributed by atoms with Gasteiger partial charge < -0.3 is 10.1 Å². The molecule has 0 fully saturated rings. The fourth-order valence-electron chi connectivity index (χ4n) is 1.79. The Morgan fingerprint density at radius 1 is 1.12 bits per heavy atom. The number of rotatable bonds is 7. The van der Waals surface area contributed by atoms with Gasteiger partial charge in [0.2, 0.25) is 0 Å². The summed E-state index contributed by atoms with van der Waals surface area (Å²) in [5.74, 6) is -2.11. The minimum absolute atomic E-state index is 0.0368. The first-order valence-corrected chi connectivity index (χ1v) is 8.61. The Hall–Kier alpha value is -1.96. The van der Waals surface area contributed by atoms with Crippen molar-refractivity contribution in [3.05, 3.63) is 50.4 Å². The van der Waals surface area contributed by atoms with Crippen LogP contribution in [-0.4, -0.2) is 24.3 Å². The summed E-state index contributed by atoms with van der Waals surface area (Å²) in [6.07, 6.45) is -0.186. The quantitative estimate of drug-likeness (QED) is 0.551. The molecule has 0 spiro atoms. The molecule has 1 amide bonds. The molecule has 1 aromatic heterocycles. The Morgan fingerprint density at radius 3 is 2.52 bits per heavy atom. The van der Waals surface area contributed by atoms with E-state index in [9.17, 15) is 18.8 Å². The lowest BCUT2D eigenvalue weighted by Crippen LogP contribution is -2.21. The van der Waals surface area contributed by atoms with Gasteiger partial charge in [0.05, 0.1) is 20.7 Å². The number of esters is 1. The molecule has 2 rings (SSSR count). The van der Waals surface area contributed by atoms with E-state index in [1.54, 1.807) is 12.1 Å². The van der Waals surface area contributed by atoms with Gasteiger partial charge in [-0.05, 0) is 30.3 Å². The summed E-state index contributed by atoms with van der Waals surface area (Å²) in [6.45, 7) is -0.521. The molecular formula is C16H12Cl2FNO4S. The van der Waals surface area contributed by atoms with E-state index in [0.717, 1.165) is 17.4 Å². The Bertz CT molecular complexity index is 809. The predicted molar refractivity (Wildman–Crippen MR) is 93.9 cm³/mol. The van der Waals surface area contributed by atoms with Gasteiger partial charge in [-0.2, -0.15) is 0 Å². The Labute approximate surface area is 156 Å². The van der Waals surface area contributed by atoms with Crippen molar-refractivity contribution >= 4 is 57.9 Å². The van der Waals surface area contributed by atoms with Gasteiger partial charge in [-0.1, -0.05) is 23.2 Å². The Balaban J connectivity index is 1.72. The van der Waals surface area contributed by atoms with Crippen LogP contribution in [0.5, 0.6) is 0 Å². The van der Waals surface area contributed by atoms with E-state index in [4.69, 9.17) is 27.9 Å². The van der Waals surface area contributed by atoms with Crippen LogP contribution in [0.15, 0.2) is 30.3 Å². The van der Waals surface area contributed by atoms with Crippen molar-refractivity contribution in [1.29, 1.82) is 0 Å². The zero-order valence-electron chi connectivity index (χ0n) is 12.7. The number of benzene rings is 1. The van der Waals surface area contributed by atoms with Crippen LogP contribution < -0.4 is 5.32 Å². The fraction of sp³-hybridized carbons (Fsp3) is 0.188. The third-order valence-corrected chi connectivity index (χ3v) is 4.53. The number of anilines is 1. The minimum Gasteiger partial charge on any atom is -0.456 e. The number of carbonyl (C=O) groups excluding carboxylic acids is 3. The number of ketones is 1. The molecule has 2 aromatic rings. The van der Waals surface area contributed by atoms with Crippen molar-refractivity contribution in [2.45, 2.75) is 12.8 Å². The molecule has 0 aliphatic carbocycles. The van der Waals surface area contributed by atoms with E-state index in [1.807, 2.05) is 0 Å². The number of ether oxygens (including phenoxy) is 1. The zero-order chi connectivity index (χ0) is 18.4. The molecule has 0 unspecified atom stereocenters. The van der Waals surface area contributed by atoms with Crippen LogP contribution in [0.2, 0.25) is 9.36 Å². The molecule has 5 nitrogen and oxygen atoms in total. The monoisotopic (exact) mass is 403 g/mol. The van der Waals surface area contributed by atoms with Crippen LogP contribution in [0.1, 0.15) is 22.5 Å². The fourth-order valence-corrected chi connectivity index (χ4v) is 2.98. The SMILES string of the molecule is O=C(COC(=O)CCC(=O)c1ccc(Cl)s1)Nc1ccc(F)c(Cl)c1. The maximum absolute atomic E-state index is 13.0. The van der Waals surface area contributed by atoms with E-state index in [1.165, 1.54) is 12.1 Å². The molecule has 0 bridgehead atoms. The number of amides is 1. The molecule has 0 saturated carbocycles. The largest absolute Gasteiger partial charge is 0.456 e. The second-order valence-corrected chi connectivity index (χ2v) is 6.99. The van der Waals surface area contributed by atoms with Crippen LogP contribution in [-0.2, 0) is 14.3 Å². The van der Waals surface area contributed by atoms with E-state index < -0.39 is 24.3 Å². The molecule has 9 heteroatoms. The van der Waals surface area contributed by atoms with Gasteiger partial charge in [-0.25, -0.2) is 4.39 Å².